The molecule has 0 radical (unpaired) electrons. The van der Waals surface area contributed by atoms with Gasteiger partial charge in [0.2, 0.25) is 5.91 Å². The number of halogens is 3. The van der Waals surface area contributed by atoms with Crippen LogP contribution in [0.1, 0.15) is 24.1 Å². The Balaban J connectivity index is 1.97. The predicted molar refractivity (Wildman–Crippen MR) is 90.9 cm³/mol. The van der Waals surface area contributed by atoms with Crippen molar-refractivity contribution in [1.82, 2.24) is 20.5 Å². The van der Waals surface area contributed by atoms with Crippen LogP contribution in [-0.4, -0.2) is 41.3 Å². The second-order valence-electron chi connectivity index (χ2n) is 5.72. The highest BCUT2D eigenvalue weighted by Crippen LogP contribution is 2.30. The lowest BCUT2D eigenvalue weighted by molar-refractivity contribution is -0.137. The molecule has 27 heavy (non-hydrogen) atoms. The van der Waals surface area contributed by atoms with Crippen LogP contribution in [0.25, 0.3) is 11.4 Å². The summed E-state index contributed by atoms with van der Waals surface area (Å²) < 4.78 is 42.6. The monoisotopic (exact) mass is 384 g/mol. The Hall–Kier alpha value is -2.75. The summed E-state index contributed by atoms with van der Waals surface area (Å²) in [6, 6.07) is 4.21. The minimum atomic E-state index is -4.44. The average Bonchev–Trinajstić information content (AvgIpc) is 2.63. The number of carbonyl (C=O) groups excluding carboxylic acids is 1. The molecular formula is C17H19F3N4O3. The number of amides is 1. The van der Waals surface area contributed by atoms with Gasteiger partial charge in [-0.1, -0.05) is 12.1 Å². The van der Waals surface area contributed by atoms with Gasteiger partial charge in [0.1, 0.15) is 5.69 Å². The van der Waals surface area contributed by atoms with Gasteiger partial charge in [0.15, 0.2) is 5.82 Å². The highest BCUT2D eigenvalue weighted by Gasteiger charge is 2.30. The highest BCUT2D eigenvalue weighted by molar-refractivity contribution is 5.76. The van der Waals surface area contributed by atoms with Gasteiger partial charge in [-0.25, -0.2) is 0 Å². The van der Waals surface area contributed by atoms with Gasteiger partial charge < -0.3 is 15.0 Å². The summed E-state index contributed by atoms with van der Waals surface area (Å²) in [6.45, 7) is 1.01. The van der Waals surface area contributed by atoms with Gasteiger partial charge in [0.05, 0.1) is 5.56 Å². The molecule has 0 saturated carbocycles. The zero-order valence-electron chi connectivity index (χ0n) is 14.6. The number of ether oxygens (including phenoxy) is 1. The van der Waals surface area contributed by atoms with E-state index < -0.39 is 17.3 Å². The summed E-state index contributed by atoms with van der Waals surface area (Å²) in [5, 5.41) is 10.3. The van der Waals surface area contributed by atoms with Crippen molar-refractivity contribution in [2.45, 2.75) is 25.4 Å². The van der Waals surface area contributed by atoms with Crippen LogP contribution in [0.2, 0.25) is 0 Å². The molecule has 0 aliphatic heterocycles. The maximum absolute atomic E-state index is 12.6. The molecule has 1 aromatic carbocycles. The van der Waals surface area contributed by atoms with Crippen LogP contribution in [0.4, 0.5) is 13.2 Å². The minimum absolute atomic E-state index is 0.0569. The topological polar surface area (TPSA) is 97.0 Å². The Morgan fingerprint density at radius 1 is 1.22 bits per heavy atom. The van der Waals surface area contributed by atoms with Crippen LogP contribution in [0.15, 0.2) is 29.1 Å². The summed E-state index contributed by atoms with van der Waals surface area (Å²) >= 11 is 0. The van der Waals surface area contributed by atoms with E-state index in [9.17, 15) is 22.8 Å². The summed E-state index contributed by atoms with van der Waals surface area (Å²) in [4.78, 5) is 26.2. The maximum atomic E-state index is 12.6. The molecule has 10 heteroatoms. The number of rotatable bonds is 8. The second-order valence-corrected chi connectivity index (χ2v) is 5.72. The number of nitrogens with one attached hydrogen (secondary N) is 2. The van der Waals surface area contributed by atoms with E-state index in [4.69, 9.17) is 4.74 Å². The molecule has 1 amide bonds. The lowest BCUT2D eigenvalue weighted by Gasteiger charge is -2.07. The van der Waals surface area contributed by atoms with Gasteiger partial charge in [-0.2, -0.15) is 13.2 Å². The SMILES string of the molecule is COCCCNC(=O)CCc1nnc(-c2ccc(C(F)(F)F)cc2)[nH]c1=O. The number of aromatic amines is 1. The third-order valence-corrected chi connectivity index (χ3v) is 3.69. The normalized spacial score (nSPS) is 11.4. The smallest absolute Gasteiger partial charge is 0.385 e. The van der Waals surface area contributed by atoms with Crippen molar-refractivity contribution in [3.63, 3.8) is 0 Å². The van der Waals surface area contributed by atoms with E-state index in [2.05, 4.69) is 20.5 Å². The van der Waals surface area contributed by atoms with E-state index in [1.807, 2.05) is 0 Å². The Morgan fingerprint density at radius 2 is 1.93 bits per heavy atom. The first kappa shape index (κ1) is 20.6. The van der Waals surface area contributed by atoms with Gasteiger partial charge in [0, 0.05) is 38.7 Å². The zero-order chi connectivity index (χ0) is 19.9. The fraction of sp³-hybridized carbons (Fsp3) is 0.412. The van der Waals surface area contributed by atoms with E-state index in [0.717, 1.165) is 12.1 Å². The first-order chi connectivity index (χ1) is 12.8. The molecule has 2 N–H and O–H groups in total. The number of hydrogen-bond acceptors (Lipinski definition) is 5. The number of alkyl halides is 3. The Labute approximate surface area is 153 Å². The molecule has 7 nitrogen and oxygen atoms in total. The molecule has 2 aromatic rings. The van der Waals surface area contributed by atoms with Crippen LogP contribution in [0.3, 0.4) is 0 Å². The van der Waals surface area contributed by atoms with Crippen molar-refractivity contribution in [1.29, 1.82) is 0 Å². The molecule has 0 spiro atoms. The molecule has 1 aromatic heterocycles. The van der Waals surface area contributed by atoms with Crippen LogP contribution in [0.5, 0.6) is 0 Å². The van der Waals surface area contributed by atoms with Crippen LogP contribution in [0, 0.1) is 0 Å². The average molecular weight is 384 g/mol. The van der Waals surface area contributed by atoms with E-state index >= 15 is 0 Å². The molecule has 0 bridgehead atoms. The van der Waals surface area contributed by atoms with Gasteiger partial charge in [0.25, 0.3) is 5.56 Å². The minimum Gasteiger partial charge on any atom is -0.385 e. The summed E-state index contributed by atoms with van der Waals surface area (Å²) in [6.07, 6.45) is -3.58. The Morgan fingerprint density at radius 3 is 2.52 bits per heavy atom. The summed E-state index contributed by atoms with van der Waals surface area (Å²) in [7, 11) is 1.57. The quantitative estimate of drug-likeness (QED) is 0.678. The molecule has 0 unspecified atom stereocenters. The van der Waals surface area contributed by atoms with Gasteiger partial charge in [-0.05, 0) is 18.6 Å². The molecule has 0 saturated heterocycles. The molecule has 0 atom stereocenters. The van der Waals surface area contributed by atoms with Crippen molar-refractivity contribution >= 4 is 5.91 Å². The van der Waals surface area contributed by atoms with Crippen molar-refractivity contribution < 1.29 is 22.7 Å². The van der Waals surface area contributed by atoms with Gasteiger partial charge in [-0.3, -0.25) is 9.59 Å². The number of nitrogens with zero attached hydrogens (tertiary/aromatic N) is 2. The lowest BCUT2D eigenvalue weighted by Crippen LogP contribution is -2.27. The molecule has 146 valence electrons. The highest BCUT2D eigenvalue weighted by atomic mass is 19.4. The van der Waals surface area contributed by atoms with Crippen LogP contribution >= 0.6 is 0 Å². The third kappa shape index (κ3) is 6.17. The third-order valence-electron chi connectivity index (χ3n) is 3.69. The van der Waals surface area contributed by atoms with E-state index in [0.29, 0.717) is 25.1 Å². The molecule has 0 aliphatic rings. The molecule has 0 aliphatic carbocycles. The largest absolute Gasteiger partial charge is 0.416 e. The van der Waals surface area contributed by atoms with Crippen LogP contribution < -0.4 is 10.9 Å². The van der Waals surface area contributed by atoms with Crippen molar-refractivity contribution in [3.8, 4) is 11.4 Å². The van der Waals surface area contributed by atoms with Crippen LogP contribution in [-0.2, 0) is 22.1 Å². The number of carbonyl (C=O) groups is 1. The van der Waals surface area contributed by atoms with E-state index in [1.54, 1.807) is 7.11 Å². The van der Waals surface area contributed by atoms with E-state index in [1.165, 1.54) is 12.1 Å². The van der Waals surface area contributed by atoms with Crippen molar-refractivity contribution in [3.05, 3.63) is 45.9 Å². The zero-order valence-corrected chi connectivity index (χ0v) is 14.6. The van der Waals surface area contributed by atoms with Crippen molar-refractivity contribution in [2.24, 2.45) is 0 Å². The number of hydrogen-bond donors (Lipinski definition) is 2. The fourth-order valence-electron chi connectivity index (χ4n) is 2.24. The first-order valence-corrected chi connectivity index (χ1v) is 8.20. The fourth-order valence-corrected chi connectivity index (χ4v) is 2.24. The Bertz CT molecular complexity index is 819. The lowest BCUT2D eigenvalue weighted by atomic mass is 10.1. The summed E-state index contributed by atoms with van der Waals surface area (Å²) in [5.41, 5.74) is -0.950. The standard InChI is InChI=1S/C17H19F3N4O3/c1-27-10-2-9-21-14(25)8-7-13-16(26)22-15(24-23-13)11-3-5-12(6-4-11)17(18,19)20/h3-6H,2,7-10H2,1H3,(H,21,25)(H,22,24,26). The molecular weight excluding hydrogens is 365 g/mol. The van der Waals surface area contributed by atoms with E-state index in [-0.39, 0.29) is 30.3 Å². The van der Waals surface area contributed by atoms with Gasteiger partial charge >= 0.3 is 6.18 Å². The molecule has 0 fully saturated rings. The predicted octanol–water partition coefficient (Wildman–Crippen LogP) is 1.94. The number of aromatic nitrogens is 3. The number of aryl methyl sites for hydroxylation is 1. The molecule has 1 heterocycles. The maximum Gasteiger partial charge on any atom is 0.416 e. The Kier molecular flexibility index (Phi) is 7.05. The first-order valence-electron chi connectivity index (χ1n) is 8.20. The second kappa shape index (κ2) is 9.26. The number of benzene rings is 1. The summed E-state index contributed by atoms with van der Waals surface area (Å²) in [5.74, 6) is -0.166. The molecule has 2 rings (SSSR count). The number of methoxy groups -OCH3 is 1. The number of H-pyrrole nitrogens is 1. The van der Waals surface area contributed by atoms with Crippen molar-refractivity contribution in [2.75, 3.05) is 20.3 Å². The van der Waals surface area contributed by atoms with Gasteiger partial charge in [-0.15, -0.1) is 10.2 Å².